The van der Waals surface area contributed by atoms with Crippen molar-refractivity contribution in [2.24, 2.45) is 0 Å². The highest BCUT2D eigenvalue weighted by Gasteiger charge is 2.30. The SMILES string of the molecule is O=C(O)C(O)CCC(O)C(O)C(O)C(=O)O. The van der Waals surface area contributed by atoms with E-state index in [4.69, 9.17) is 25.5 Å². The van der Waals surface area contributed by atoms with E-state index in [1.54, 1.807) is 0 Å². The zero-order valence-corrected chi connectivity index (χ0v) is 8.22. The minimum atomic E-state index is -2.16. The molecule has 0 aliphatic carbocycles. The summed E-state index contributed by atoms with van der Waals surface area (Å²) in [5.41, 5.74) is 0. The second-order valence-corrected chi connectivity index (χ2v) is 3.27. The van der Waals surface area contributed by atoms with Gasteiger partial charge >= 0.3 is 11.9 Å². The molecule has 94 valence electrons. The maximum Gasteiger partial charge on any atom is 0.335 e. The molecule has 0 aromatic heterocycles. The van der Waals surface area contributed by atoms with Gasteiger partial charge in [0.05, 0.1) is 6.10 Å². The average Bonchev–Trinajstić information content (AvgIpc) is 2.22. The quantitative estimate of drug-likeness (QED) is 0.281. The Balaban J connectivity index is 4.10. The summed E-state index contributed by atoms with van der Waals surface area (Å²) in [5, 5.41) is 52.6. The van der Waals surface area contributed by atoms with E-state index in [0.717, 1.165) is 0 Å². The van der Waals surface area contributed by atoms with E-state index in [1.807, 2.05) is 0 Å². The molecule has 0 radical (unpaired) electrons. The fourth-order valence-electron chi connectivity index (χ4n) is 0.979. The van der Waals surface area contributed by atoms with Gasteiger partial charge in [0.2, 0.25) is 0 Å². The monoisotopic (exact) mass is 238 g/mol. The maximum absolute atomic E-state index is 10.2. The van der Waals surface area contributed by atoms with Gasteiger partial charge in [-0.05, 0) is 12.8 Å². The van der Waals surface area contributed by atoms with Gasteiger partial charge in [0.15, 0.2) is 12.2 Å². The molecule has 0 bridgehead atoms. The van der Waals surface area contributed by atoms with Crippen LogP contribution in [0.2, 0.25) is 0 Å². The number of rotatable bonds is 7. The lowest BCUT2D eigenvalue weighted by Crippen LogP contribution is -2.42. The van der Waals surface area contributed by atoms with Crippen LogP contribution in [-0.4, -0.2) is 67.0 Å². The van der Waals surface area contributed by atoms with Crippen LogP contribution in [0.25, 0.3) is 0 Å². The second kappa shape index (κ2) is 6.38. The van der Waals surface area contributed by atoms with E-state index in [9.17, 15) is 14.7 Å². The van der Waals surface area contributed by atoms with Crippen LogP contribution >= 0.6 is 0 Å². The lowest BCUT2D eigenvalue weighted by Gasteiger charge is -2.20. The van der Waals surface area contributed by atoms with Crippen LogP contribution in [-0.2, 0) is 9.59 Å². The summed E-state index contributed by atoms with van der Waals surface area (Å²) >= 11 is 0. The molecule has 0 saturated carbocycles. The number of hydrogen-bond acceptors (Lipinski definition) is 6. The molecule has 0 aromatic rings. The standard InChI is InChI=1S/C8H14O8/c9-3(1-2-4(10)7(13)14)5(11)6(12)8(15)16/h3-6,9-12H,1-2H2,(H,13,14)(H,15,16). The van der Waals surface area contributed by atoms with Crippen molar-refractivity contribution >= 4 is 11.9 Å². The van der Waals surface area contributed by atoms with Gasteiger partial charge in [-0.25, -0.2) is 9.59 Å². The molecule has 8 heteroatoms. The zero-order valence-electron chi connectivity index (χ0n) is 8.22. The zero-order chi connectivity index (χ0) is 12.9. The van der Waals surface area contributed by atoms with Crippen molar-refractivity contribution in [2.75, 3.05) is 0 Å². The Morgan fingerprint density at radius 2 is 1.38 bits per heavy atom. The van der Waals surface area contributed by atoms with Crippen LogP contribution < -0.4 is 0 Å². The predicted molar refractivity (Wildman–Crippen MR) is 48.5 cm³/mol. The Kier molecular flexibility index (Phi) is 5.89. The summed E-state index contributed by atoms with van der Waals surface area (Å²) in [6.45, 7) is 0. The number of carboxylic acids is 2. The molecule has 4 unspecified atom stereocenters. The van der Waals surface area contributed by atoms with E-state index in [2.05, 4.69) is 0 Å². The van der Waals surface area contributed by atoms with Crippen LogP contribution in [0.5, 0.6) is 0 Å². The van der Waals surface area contributed by atoms with Gasteiger partial charge < -0.3 is 30.6 Å². The van der Waals surface area contributed by atoms with E-state index in [1.165, 1.54) is 0 Å². The number of carboxylic acid groups (broad SMARTS) is 2. The highest BCUT2D eigenvalue weighted by molar-refractivity contribution is 5.73. The highest BCUT2D eigenvalue weighted by atomic mass is 16.4. The van der Waals surface area contributed by atoms with Crippen LogP contribution in [0.3, 0.4) is 0 Å². The minimum Gasteiger partial charge on any atom is -0.479 e. The van der Waals surface area contributed by atoms with Crippen molar-refractivity contribution in [3.8, 4) is 0 Å². The third-order valence-electron chi connectivity index (χ3n) is 1.99. The van der Waals surface area contributed by atoms with Gasteiger partial charge in [0.1, 0.15) is 6.10 Å². The minimum absolute atomic E-state index is 0.348. The first-order chi connectivity index (χ1) is 7.27. The van der Waals surface area contributed by atoms with E-state index < -0.39 is 36.4 Å². The molecular weight excluding hydrogens is 224 g/mol. The summed E-state index contributed by atoms with van der Waals surface area (Å²) < 4.78 is 0. The fraction of sp³-hybridized carbons (Fsp3) is 0.750. The van der Waals surface area contributed by atoms with Crippen molar-refractivity contribution in [3.63, 3.8) is 0 Å². The summed E-state index contributed by atoms with van der Waals surface area (Å²) in [7, 11) is 0. The first-order valence-corrected chi connectivity index (χ1v) is 4.45. The van der Waals surface area contributed by atoms with Gasteiger partial charge in [-0.15, -0.1) is 0 Å². The van der Waals surface area contributed by atoms with Crippen molar-refractivity contribution in [2.45, 2.75) is 37.3 Å². The lowest BCUT2D eigenvalue weighted by molar-refractivity contribution is -0.159. The molecule has 0 rings (SSSR count). The Hall–Kier alpha value is -1.22. The van der Waals surface area contributed by atoms with Crippen LogP contribution in [0.15, 0.2) is 0 Å². The first kappa shape index (κ1) is 14.8. The van der Waals surface area contributed by atoms with Crippen molar-refractivity contribution in [3.05, 3.63) is 0 Å². The third kappa shape index (κ3) is 4.53. The Bertz CT molecular complexity index is 252. The molecule has 8 nitrogen and oxygen atoms in total. The highest BCUT2D eigenvalue weighted by Crippen LogP contribution is 2.09. The van der Waals surface area contributed by atoms with Crippen molar-refractivity contribution in [1.29, 1.82) is 0 Å². The molecular formula is C8H14O8. The Labute approximate surface area is 90.4 Å². The number of carbonyl (C=O) groups is 2. The topological polar surface area (TPSA) is 156 Å². The van der Waals surface area contributed by atoms with Gasteiger partial charge in [0.25, 0.3) is 0 Å². The van der Waals surface area contributed by atoms with Gasteiger partial charge in [-0.1, -0.05) is 0 Å². The molecule has 0 aliphatic heterocycles. The largest absolute Gasteiger partial charge is 0.479 e. The van der Waals surface area contributed by atoms with Gasteiger partial charge in [0, 0.05) is 0 Å². The predicted octanol–water partition coefficient (Wildman–Crippen LogP) is -2.62. The third-order valence-corrected chi connectivity index (χ3v) is 1.99. The lowest BCUT2D eigenvalue weighted by atomic mass is 10.0. The molecule has 0 saturated heterocycles. The Morgan fingerprint density at radius 1 is 0.875 bits per heavy atom. The van der Waals surface area contributed by atoms with Gasteiger partial charge in [-0.2, -0.15) is 0 Å². The number of aliphatic carboxylic acids is 2. The summed E-state index contributed by atoms with van der Waals surface area (Å²) in [5.74, 6) is -3.19. The van der Waals surface area contributed by atoms with E-state index in [-0.39, 0.29) is 12.8 Å². The number of aliphatic hydroxyl groups excluding tert-OH is 4. The molecule has 4 atom stereocenters. The average molecular weight is 238 g/mol. The summed E-state index contributed by atoms with van der Waals surface area (Å²) in [6, 6.07) is 0. The van der Waals surface area contributed by atoms with Crippen LogP contribution in [0.1, 0.15) is 12.8 Å². The molecule has 0 amide bonds. The van der Waals surface area contributed by atoms with Gasteiger partial charge in [-0.3, -0.25) is 0 Å². The maximum atomic E-state index is 10.2. The fourth-order valence-corrected chi connectivity index (χ4v) is 0.979. The summed E-state index contributed by atoms with van der Waals surface area (Å²) in [4.78, 5) is 20.4. The Morgan fingerprint density at radius 3 is 1.75 bits per heavy atom. The smallest absolute Gasteiger partial charge is 0.335 e. The molecule has 0 aliphatic rings. The second-order valence-electron chi connectivity index (χ2n) is 3.27. The molecule has 0 fully saturated rings. The van der Waals surface area contributed by atoms with E-state index in [0.29, 0.717) is 0 Å². The van der Waals surface area contributed by atoms with Crippen molar-refractivity contribution < 1.29 is 40.2 Å². The van der Waals surface area contributed by atoms with Crippen LogP contribution in [0.4, 0.5) is 0 Å². The molecule has 0 heterocycles. The van der Waals surface area contributed by atoms with Crippen LogP contribution in [0, 0.1) is 0 Å². The van der Waals surface area contributed by atoms with Crippen molar-refractivity contribution in [1.82, 2.24) is 0 Å². The molecule has 6 N–H and O–H groups in total. The number of aliphatic hydroxyl groups is 4. The molecule has 16 heavy (non-hydrogen) atoms. The first-order valence-electron chi connectivity index (χ1n) is 4.45. The molecule has 0 aromatic carbocycles. The molecule has 0 spiro atoms. The summed E-state index contributed by atoms with van der Waals surface area (Å²) in [6.07, 6.45) is -8.13. The normalized spacial score (nSPS) is 18.5. The van der Waals surface area contributed by atoms with E-state index >= 15 is 0 Å². The number of hydrogen-bond donors (Lipinski definition) is 6.